The third-order valence-electron chi connectivity index (χ3n) is 3.99. The molecule has 0 fully saturated rings. The fourth-order valence-electron chi connectivity index (χ4n) is 2.85. The van der Waals surface area contributed by atoms with Crippen LogP contribution in [0.15, 0.2) is 30.4 Å². The maximum atomic E-state index is 2.48. The second kappa shape index (κ2) is 6.05. The lowest BCUT2D eigenvalue weighted by Gasteiger charge is -2.20. The van der Waals surface area contributed by atoms with E-state index in [0.717, 1.165) is 0 Å². The van der Waals surface area contributed by atoms with Gasteiger partial charge in [-0.2, -0.15) is 0 Å². The summed E-state index contributed by atoms with van der Waals surface area (Å²) < 4.78 is 0. The number of hydrogen-bond acceptors (Lipinski definition) is 0. The highest BCUT2D eigenvalue weighted by Gasteiger charge is 2.13. The van der Waals surface area contributed by atoms with Gasteiger partial charge >= 0.3 is 0 Å². The van der Waals surface area contributed by atoms with Gasteiger partial charge in [-0.05, 0) is 68.1 Å². The first-order valence-electron chi connectivity index (χ1n) is 7.08. The molecule has 0 heterocycles. The van der Waals surface area contributed by atoms with E-state index in [1.807, 2.05) is 0 Å². The van der Waals surface area contributed by atoms with Crippen molar-refractivity contribution >= 4 is 0 Å². The Morgan fingerprint density at radius 3 is 2.65 bits per heavy atom. The van der Waals surface area contributed by atoms with Crippen LogP contribution in [0, 0.1) is 0 Å². The van der Waals surface area contributed by atoms with Crippen molar-refractivity contribution in [1.29, 1.82) is 0 Å². The van der Waals surface area contributed by atoms with Crippen LogP contribution in [0.3, 0.4) is 0 Å². The summed E-state index contributed by atoms with van der Waals surface area (Å²) in [5.74, 6) is 0.707. The topological polar surface area (TPSA) is 0 Å². The number of rotatable bonds is 4. The Bertz CT molecular complexity index is 387. The second-order valence-electron chi connectivity index (χ2n) is 5.15. The number of benzene rings is 1. The zero-order valence-electron chi connectivity index (χ0n) is 11.2. The molecular weight excluding hydrogens is 204 g/mol. The summed E-state index contributed by atoms with van der Waals surface area (Å²) in [7, 11) is 0. The minimum atomic E-state index is 0.707. The first kappa shape index (κ1) is 12.4. The third kappa shape index (κ3) is 3.00. The second-order valence-corrected chi connectivity index (χ2v) is 5.15. The van der Waals surface area contributed by atoms with Crippen LogP contribution >= 0.6 is 0 Å². The number of hydrogen-bond donors (Lipinski definition) is 0. The highest BCUT2D eigenvalue weighted by atomic mass is 14.2. The lowest BCUT2D eigenvalue weighted by Crippen LogP contribution is -2.05. The molecule has 17 heavy (non-hydrogen) atoms. The van der Waals surface area contributed by atoms with Crippen LogP contribution in [0.1, 0.15) is 62.1 Å². The number of allylic oxidation sites excluding steroid dienone is 2. The Morgan fingerprint density at radius 2 is 1.94 bits per heavy atom. The van der Waals surface area contributed by atoms with E-state index < -0.39 is 0 Å². The van der Waals surface area contributed by atoms with Crippen LogP contribution in [0.4, 0.5) is 0 Å². The van der Waals surface area contributed by atoms with Gasteiger partial charge in [-0.3, -0.25) is 0 Å². The molecule has 0 N–H and O–H groups in total. The van der Waals surface area contributed by atoms with Crippen LogP contribution in [0.25, 0.3) is 0 Å². The van der Waals surface area contributed by atoms with Gasteiger partial charge in [0.25, 0.3) is 0 Å². The predicted octanol–water partition coefficient (Wildman–Crippen LogP) is 5.03. The summed E-state index contributed by atoms with van der Waals surface area (Å²) in [6.07, 6.45) is 12.2. The van der Waals surface area contributed by atoms with Gasteiger partial charge in [-0.15, -0.1) is 0 Å². The highest BCUT2D eigenvalue weighted by molar-refractivity contribution is 5.35. The van der Waals surface area contributed by atoms with Crippen molar-refractivity contribution in [2.45, 2.75) is 58.3 Å². The van der Waals surface area contributed by atoms with Crippen molar-refractivity contribution in [2.75, 3.05) is 0 Å². The van der Waals surface area contributed by atoms with Gasteiger partial charge in [0.15, 0.2) is 0 Å². The number of fused-ring (bicyclic) bond motifs is 1. The van der Waals surface area contributed by atoms with Crippen molar-refractivity contribution in [3.8, 4) is 0 Å². The molecule has 0 aromatic heterocycles. The van der Waals surface area contributed by atoms with E-state index in [1.54, 1.807) is 16.7 Å². The first-order valence-corrected chi connectivity index (χ1v) is 7.08. The molecule has 0 aliphatic heterocycles. The van der Waals surface area contributed by atoms with Crippen molar-refractivity contribution < 1.29 is 0 Å². The quantitative estimate of drug-likeness (QED) is 0.634. The van der Waals surface area contributed by atoms with E-state index in [2.05, 4.69) is 44.2 Å². The maximum absolute atomic E-state index is 2.48. The SMILES string of the molecule is C/C=C\CC(CC)c1ccc2c(c1)CCCC2. The number of aryl methyl sites for hydroxylation is 2. The molecule has 0 amide bonds. The lowest BCUT2D eigenvalue weighted by molar-refractivity contribution is 0.658. The average molecular weight is 228 g/mol. The van der Waals surface area contributed by atoms with Crippen molar-refractivity contribution in [3.63, 3.8) is 0 Å². The fraction of sp³-hybridized carbons (Fsp3) is 0.529. The van der Waals surface area contributed by atoms with E-state index in [4.69, 9.17) is 0 Å². The fourth-order valence-corrected chi connectivity index (χ4v) is 2.85. The lowest BCUT2D eigenvalue weighted by atomic mass is 9.86. The molecular formula is C17H24. The summed E-state index contributed by atoms with van der Waals surface area (Å²) in [5.41, 5.74) is 4.76. The molecule has 1 aliphatic rings. The summed E-state index contributed by atoms with van der Waals surface area (Å²) in [6, 6.07) is 7.22. The summed E-state index contributed by atoms with van der Waals surface area (Å²) in [5, 5.41) is 0. The van der Waals surface area contributed by atoms with Crippen LogP contribution in [0.2, 0.25) is 0 Å². The molecule has 0 saturated carbocycles. The normalized spacial score (nSPS) is 17.1. The Morgan fingerprint density at radius 1 is 1.18 bits per heavy atom. The Balaban J connectivity index is 2.19. The summed E-state index contributed by atoms with van der Waals surface area (Å²) in [6.45, 7) is 4.41. The van der Waals surface area contributed by atoms with Gasteiger partial charge in [0, 0.05) is 0 Å². The van der Waals surface area contributed by atoms with Crippen LogP contribution in [0.5, 0.6) is 0 Å². The minimum absolute atomic E-state index is 0.707. The molecule has 1 aromatic rings. The molecule has 1 atom stereocenters. The molecule has 2 rings (SSSR count). The van der Waals surface area contributed by atoms with Gasteiger partial charge in [0.1, 0.15) is 0 Å². The van der Waals surface area contributed by atoms with Gasteiger partial charge in [0.05, 0.1) is 0 Å². The summed E-state index contributed by atoms with van der Waals surface area (Å²) in [4.78, 5) is 0. The van der Waals surface area contributed by atoms with E-state index in [9.17, 15) is 0 Å². The largest absolute Gasteiger partial charge is 0.0916 e. The Labute approximate surface area is 106 Å². The zero-order valence-corrected chi connectivity index (χ0v) is 11.2. The molecule has 1 aromatic carbocycles. The van der Waals surface area contributed by atoms with Crippen LogP contribution in [-0.2, 0) is 12.8 Å². The predicted molar refractivity (Wildman–Crippen MR) is 75.5 cm³/mol. The third-order valence-corrected chi connectivity index (χ3v) is 3.99. The van der Waals surface area contributed by atoms with Crippen LogP contribution < -0.4 is 0 Å². The molecule has 0 spiro atoms. The van der Waals surface area contributed by atoms with Gasteiger partial charge in [-0.1, -0.05) is 37.3 Å². The molecule has 0 radical (unpaired) electrons. The van der Waals surface area contributed by atoms with Crippen LogP contribution in [-0.4, -0.2) is 0 Å². The van der Waals surface area contributed by atoms with E-state index >= 15 is 0 Å². The Hall–Kier alpha value is -1.04. The molecule has 92 valence electrons. The molecule has 0 bridgehead atoms. The minimum Gasteiger partial charge on any atom is -0.0916 e. The van der Waals surface area contributed by atoms with Crippen molar-refractivity contribution in [3.05, 3.63) is 47.0 Å². The van der Waals surface area contributed by atoms with Crippen molar-refractivity contribution in [1.82, 2.24) is 0 Å². The van der Waals surface area contributed by atoms with E-state index in [-0.39, 0.29) is 0 Å². The highest BCUT2D eigenvalue weighted by Crippen LogP contribution is 2.29. The maximum Gasteiger partial charge on any atom is -0.0130 e. The zero-order chi connectivity index (χ0) is 12.1. The van der Waals surface area contributed by atoms with Gasteiger partial charge in [-0.25, -0.2) is 0 Å². The van der Waals surface area contributed by atoms with Gasteiger partial charge < -0.3 is 0 Å². The Kier molecular flexibility index (Phi) is 4.42. The van der Waals surface area contributed by atoms with E-state index in [1.165, 1.54) is 38.5 Å². The van der Waals surface area contributed by atoms with Crippen molar-refractivity contribution in [2.24, 2.45) is 0 Å². The summed E-state index contributed by atoms with van der Waals surface area (Å²) >= 11 is 0. The van der Waals surface area contributed by atoms with Gasteiger partial charge in [0.2, 0.25) is 0 Å². The average Bonchev–Trinajstić information content (AvgIpc) is 2.39. The molecule has 1 unspecified atom stereocenters. The molecule has 0 saturated heterocycles. The smallest absolute Gasteiger partial charge is 0.0130 e. The van der Waals surface area contributed by atoms with E-state index in [0.29, 0.717) is 5.92 Å². The molecule has 0 nitrogen and oxygen atoms in total. The first-order chi connectivity index (χ1) is 8.35. The monoisotopic (exact) mass is 228 g/mol. The molecule has 0 heteroatoms. The standard InChI is InChI=1S/C17H24/c1-3-5-8-14(4-2)17-12-11-15-9-6-7-10-16(15)13-17/h3,5,11-14H,4,6-10H2,1-2H3/b5-3-. The molecule has 1 aliphatic carbocycles.